The molecule has 1 atom stereocenters. The summed E-state index contributed by atoms with van der Waals surface area (Å²) < 4.78 is 0. The highest BCUT2D eigenvalue weighted by molar-refractivity contribution is 5.88. The highest BCUT2D eigenvalue weighted by Crippen LogP contribution is 2.32. The van der Waals surface area contributed by atoms with Gasteiger partial charge < -0.3 is 19.8 Å². The summed E-state index contributed by atoms with van der Waals surface area (Å²) in [6, 6.07) is -0.356. The molecule has 2 aliphatic heterocycles. The van der Waals surface area contributed by atoms with Crippen LogP contribution in [0.15, 0.2) is 0 Å². The molecule has 0 radical (unpaired) electrons. The first-order valence-corrected chi connectivity index (χ1v) is 8.22. The van der Waals surface area contributed by atoms with Crippen LogP contribution in [0.3, 0.4) is 0 Å². The van der Waals surface area contributed by atoms with Gasteiger partial charge in [0.25, 0.3) is 0 Å². The van der Waals surface area contributed by atoms with Crippen LogP contribution in [0.4, 0.5) is 0 Å². The summed E-state index contributed by atoms with van der Waals surface area (Å²) in [5, 5.41) is 9.75. The molecule has 6 nitrogen and oxygen atoms in total. The third kappa shape index (κ3) is 3.60. The smallest absolute Gasteiger partial charge is 0.245 e. The molecule has 6 heteroatoms. The Labute approximate surface area is 133 Å². The van der Waals surface area contributed by atoms with Crippen molar-refractivity contribution in [2.24, 2.45) is 5.41 Å². The molecule has 0 bridgehead atoms. The first-order valence-electron chi connectivity index (χ1n) is 8.22. The van der Waals surface area contributed by atoms with E-state index in [9.17, 15) is 14.7 Å². The van der Waals surface area contributed by atoms with E-state index in [0.717, 1.165) is 25.8 Å². The summed E-state index contributed by atoms with van der Waals surface area (Å²) in [7, 11) is 4.02. The minimum Gasteiger partial charge on any atom is -0.396 e. The van der Waals surface area contributed by atoms with Gasteiger partial charge in [-0.25, -0.2) is 0 Å². The Morgan fingerprint density at radius 3 is 2.41 bits per heavy atom. The number of rotatable bonds is 5. The predicted octanol–water partition coefficient (Wildman–Crippen LogP) is 0.160. The van der Waals surface area contributed by atoms with Crippen LogP contribution < -0.4 is 0 Å². The summed E-state index contributed by atoms with van der Waals surface area (Å²) >= 11 is 0. The maximum absolute atomic E-state index is 12.6. The summed E-state index contributed by atoms with van der Waals surface area (Å²) in [5.74, 6) is 0.141. The minimum atomic E-state index is -0.356. The Balaban J connectivity index is 1.93. The van der Waals surface area contributed by atoms with E-state index in [0.29, 0.717) is 26.1 Å². The van der Waals surface area contributed by atoms with Crippen molar-refractivity contribution in [3.8, 4) is 0 Å². The molecule has 1 unspecified atom stereocenters. The second kappa shape index (κ2) is 6.96. The number of aliphatic hydroxyl groups excluding tert-OH is 1. The third-order valence-electron chi connectivity index (χ3n) is 5.06. The molecular weight excluding hydrogens is 282 g/mol. The van der Waals surface area contributed by atoms with Crippen LogP contribution in [-0.2, 0) is 9.59 Å². The Hall–Kier alpha value is -1.14. The van der Waals surface area contributed by atoms with E-state index in [4.69, 9.17) is 0 Å². The van der Waals surface area contributed by atoms with Gasteiger partial charge in [0, 0.05) is 38.0 Å². The fourth-order valence-corrected chi connectivity index (χ4v) is 3.71. The van der Waals surface area contributed by atoms with E-state index in [2.05, 4.69) is 4.90 Å². The zero-order valence-electron chi connectivity index (χ0n) is 14.0. The summed E-state index contributed by atoms with van der Waals surface area (Å²) in [5.41, 5.74) is -0.104. The standard InChI is InChI=1S/C16H29N3O3/c1-13(19-8-4-5-14(19)21)15(22)18-9-6-16(12-20,7-10-18)11-17(2)3/h13,20H,4-12H2,1-3H3. The predicted molar refractivity (Wildman–Crippen MR) is 84.3 cm³/mol. The van der Waals surface area contributed by atoms with Crippen LogP contribution in [0.1, 0.15) is 32.6 Å². The number of amides is 2. The van der Waals surface area contributed by atoms with Crippen LogP contribution in [0, 0.1) is 5.41 Å². The Bertz CT molecular complexity index is 417. The summed E-state index contributed by atoms with van der Waals surface area (Å²) in [6.45, 7) is 4.86. The largest absolute Gasteiger partial charge is 0.396 e. The van der Waals surface area contributed by atoms with Gasteiger partial charge in [-0.15, -0.1) is 0 Å². The molecular formula is C16H29N3O3. The van der Waals surface area contributed by atoms with Crippen LogP contribution in [0.25, 0.3) is 0 Å². The Morgan fingerprint density at radius 1 is 1.32 bits per heavy atom. The van der Waals surface area contributed by atoms with Crippen molar-refractivity contribution in [1.29, 1.82) is 0 Å². The lowest BCUT2D eigenvalue weighted by molar-refractivity contribution is -0.145. The van der Waals surface area contributed by atoms with Crippen LogP contribution in [0.2, 0.25) is 0 Å². The van der Waals surface area contributed by atoms with Crippen molar-refractivity contribution in [2.75, 3.05) is 46.9 Å². The average Bonchev–Trinajstić information content (AvgIpc) is 2.92. The van der Waals surface area contributed by atoms with E-state index in [1.54, 1.807) is 4.90 Å². The molecule has 0 saturated carbocycles. The number of aliphatic hydroxyl groups is 1. The molecule has 0 aromatic rings. The number of piperidine rings is 1. The SMILES string of the molecule is CC(C(=O)N1CCC(CO)(CN(C)C)CC1)N1CCCC1=O. The average molecular weight is 311 g/mol. The van der Waals surface area contributed by atoms with Crippen molar-refractivity contribution in [3.63, 3.8) is 0 Å². The van der Waals surface area contributed by atoms with Crippen molar-refractivity contribution >= 4 is 11.8 Å². The van der Waals surface area contributed by atoms with Crippen molar-refractivity contribution in [2.45, 2.75) is 38.6 Å². The molecule has 1 N–H and O–H groups in total. The zero-order chi connectivity index (χ0) is 16.3. The fourth-order valence-electron chi connectivity index (χ4n) is 3.71. The lowest BCUT2D eigenvalue weighted by Crippen LogP contribution is -2.53. The van der Waals surface area contributed by atoms with Gasteiger partial charge in [-0.3, -0.25) is 9.59 Å². The quantitative estimate of drug-likeness (QED) is 0.785. The number of likely N-dealkylation sites (tertiary alicyclic amines) is 2. The van der Waals surface area contributed by atoms with Crippen molar-refractivity contribution in [1.82, 2.24) is 14.7 Å². The Kier molecular flexibility index (Phi) is 5.45. The summed E-state index contributed by atoms with van der Waals surface area (Å²) in [6.07, 6.45) is 3.04. The molecule has 2 amide bonds. The number of carbonyl (C=O) groups is 2. The highest BCUT2D eigenvalue weighted by Gasteiger charge is 2.38. The number of nitrogens with zero attached hydrogens (tertiary/aromatic N) is 3. The molecule has 2 heterocycles. The molecule has 0 aliphatic carbocycles. The van der Waals surface area contributed by atoms with E-state index in [1.165, 1.54) is 0 Å². The van der Waals surface area contributed by atoms with Crippen LogP contribution in [0.5, 0.6) is 0 Å². The van der Waals surface area contributed by atoms with Crippen molar-refractivity contribution in [3.05, 3.63) is 0 Å². The summed E-state index contributed by atoms with van der Waals surface area (Å²) in [4.78, 5) is 30.1. The molecule has 2 aliphatic rings. The lowest BCUT2D eigenvalue weighted by Gasteiger charge is -2.43. The zero-order valence-corrected chi connectivity index (χ0v) is 14.0. The molecule has 2 rings (SSSR count). The van der Waals surface area contributed by atoms with Crippen molar-refractivity contribution < 1.29 is 14.7 Å². The van der Waals surface area contributed by atoms with E-state index < -0.39 is 0 Å². The lowest BCUT2D eigenvalue weighted by atomic mass is 9.78. The fraction of sp³-hybridized carbons (Fsp3) is 0.875. The van der Waals surface area contributed by atoms with Gasteiger partial charge in [0.15, 0.2) is 0 Å². The van der Waals surface area contributed by atoms with E-state index in [1.807, 2.05) is 25.9 Å². The monoisotopic (exact) mass is 311 g/mol. The number of carbonyl (C=O) groups excluding carboxylic acids is 2. The van der Waals surface area contributed by atoms with Gasteiger partial charge in [0.1, 0.15) is 6.04 Å². The molecule has 126 valence electrons. The van der Waals surface area contributed by atoms with E-state index in [-0.39, 0.29) is 29.9 Å². The topological polar surface area (TPSA) is 64.1 Å². The van der Waals surface area contributed by atoms with Gasteiger partial charge in [-0.1, -0.05) is 0 Å². The molecule has 0 aromatic carbocycles. The highest BCUT2D eigenvalue weighted by atomic mass is 16.3. The molecule has 2 fully saturated rings. The van der Waals surface area contributed by atoms with Gasteiger partial charge in [-0.2, -0.15) is 0 Å². The van der Waals surface area contributed by atoms with Gasteiger partial charge in [0.2, 0.25) is 11.8 Å². The molecule has 22 heavy (non-hydrogen) atoms. The van der Waals surface area contributed by atoms with Gasteiger partial charge in [0.05, 0.1) is 6.61 Å². The van der Waals surface area contributed by atoms with E-state index >= 15 is 0 Å². The Morgan fingerprint density at radius 2 is 1.95 bits per heavy atom. The third-order valence-corrected chi connectivity index (χ3v) is 5.06. The van der Waals surface area contributed by atoms with Gasteiger partial charge >= 0.3 is 0 Å². The second-order valence-corrected chi connectivity index (χ2v) is 7.09. The maximum Gasteiger partial charge on any atom is 0.245 e. The molecule has 2 saturated heterocycles. The number of hydrogen-bond acceptors (Lipinski definition) is 4. The first-order chi connectivity index (χ1) is 10.4. The van der Waals surface area contributed by atoms with Crippen LogP contribution >= 0.6 is 0 Å². The molecule has 0 aromatic heterocycles. The second-order valence-electron chi connectivity index (χ2n) is 7.09. The normalized spacial score (nSPS) is 23.2. The number of hydrogen-bond donors (Lipinski definition) is 1. The maximum atomic E-state index is 12.6. The van der Waals surface area contributed by atoms with Gasteiger partial charge in [-0.05, 0) is 40.3 Å². The first kappa shape index (κ1) is 17.2. The van der Waals surface area contributed by atoms with Crippen LogP contribution in [-0.4, -0.2) is 84.5 Å². The molecule has 0 spiro atoms. The minimum absolute atomic E-state index is 0.0478.